The number of primary amides is 1. The van der Waals surface area contributed by atoms with E-state index in [1.165, 1.54) is 16.4 Å². The first-order valence-corrected chi connectivity index (χ1v) is 10.1. The molecular weight excluding hydrogens is 350 g/mol. The highest BCUT2D eigenvalue weighted by atomic mass is 32.2. The number of oxazole rings is 1. The molecule has 1 aromatic carbocycles. The Balaban J connectivity index is 1.89. The summed E-state index contributed by atoms with van der Waals surface area (Å²) in [5.74, 6) is -0.462. The molecule has 0 saturated carbocycles. The number of nitrogens with zero attached hydrogens (tertiary/aromatic N) is 2. The van der Waals surface area contributed by atoms with Crippen LogP contribution in [0.1, 0.15) is 26.2 Å². The Hall–Kier alpha value is -1.58. The molecule has 2 N–H and O–H groups in total. The average molecular weight is 369 g/mol. The number of carbonyl (C=O) groups is 1. The van der Waals surface area contributed by atoms with Gasteiger partial charge in [-0.05, 0) is 38.0 Å². The Labute approximate surface area is 144 Å². The van der Waals surface area contributed by atoms with Gasteiger partial charge in [0.15, 0.2) is 5.58 Å². The predicted octanol–water partition coefficient (Wildman–Crippen LogP) is 1.97. The number of nitrogens with two attached hydrogens (primary N) is 1. The van der Waals surface area contributed by atoms with Crippen LogP contribution < -0.4 is 5.73 Å². The molecule has 0 spiro atoms. The molecule has 1 amide bonds. The number of piperidine rings is 1. The van der Waals surface area contributed by atoms with E-state index >= 15 is 0 Å². The number of benzene rings is 1. The van der Waals surface area contributed by atoms with E-state index in [0.29, 0.717) is 29.4 Å². The minimum Gasteiger partial charge on any atom is -0.431 e. The summed E-state index contributed by atoms with van der Waals surface area (Å²) < 4.78 is 32.5. The maximum absolute atomic E-state index is 12.7. The second-order valence-electron chi connectivity index (χ2n) is 5.74. The van der Waals surface area contributed by atoms with Gasteiger partial charge in [-0.15, -0.1) is 0 Å². The molecule has 24 heavy (non-hydrogen) atoms. The molecule has 7 nitrogen and oxygen atoms in total. The standard InChI is InChI=1S/C15H19N3O4S2/c1-10(14(16)19)23-15-17-12-9-11(5-6-13(12)22-15)24(20,21)18-7-3-2-4-8-18/h5-6,9-10H,2-4,7-8H2,1H3,(H2,16,19)/t10-/m0/s1. The lowest BCUT2D eigenvalue weighted by atomic mass is 10.2. The Morgan fingerprint density at radius 1 is 1.33 bits per heavy atom. The first-order valence-electron chi connectivity index (χ1n) is 7.74. The summed E-state index contributed by atoms with van der Waals surface area (Å²) >= 11 is 1.11. The summed E-state index contributed by atoms with van der Waals surface area (Å²) in [6.45, 7) is 2.76. The van der Waals surface area contributed by atoms with E-state index in [9.17, 15) is 13.2 Å². The highest BCUT2D eigenvalue weighted by Crippen LogP contribution is 2.29. The van der Waals surface area contributed by atoms with Gasteiger partial charge in [-0.3, -0.25) is 4.79 Å². The molecule has 1 saturated heterocycles. The van der Waals surface area contributed by atoms with E-state index < -0.39 is 21.2 Å². The van der Waals surface area contributed by atoms with Crippen LogP contribution in [0.25, 0.3) is 11.1 Å². The van der Waals surface area contributed by atoms with Crippen molar-refractivity contribution in [1.29, 1.82) is 0 Å². The summed E-state index contributed by atoms with van der Waals surface area (Å²) in [4.78, 5) is 15.6. The van der Waals surface area contributed by atoms with E-state index in [1.807, 2.05) is 0 Å². The summed E-state index contributed by atoms with van der Waals surface area (Å²) in [5.41, 5.74) is 6.16. The van der Waals surface area contributed by atoms with E-state index in [0.717, 1.165) is 31.0 Å². The third kappa shape index (κ3) is 3.42. The van der Waals surface area contributed by atoms with E-state index in [-0.39, 0.29) is 4.90 Å². The van der Waals surface area contributed by atoms with Gasteiger partial charge in [0.2, 0.25) is 15.9 Å². The summed E-state index contributed by atoms with van der Waals surface area (Å²) in [6.07, 6.45) is 2.83. The fraction of sp³-hybridized carbons (Fsp3) is 0.467. The topological polar surface area (TPSA) is 106 Å². The van der Waals surface area contributed by atoms with Crippen LogP contribution in [0.4, 0.5) is 0 Å². The summed E-state index contributed by atoms with van der Waals surface area (Å²) in [5, 5.41) is -0.182. The van der Waals surface area contributed by atoms with Crippen molar-refractivity contribution < 1.29 is 17.6 Å². The van der Waals surface area contributed by atoms with Gasteiger partial charge in [0.25, 0.3) is 5.22 Å². The van der Waals surface area contributed by atoms with Gasteiger partial charge in [-0.25, -0.2) is 13.4 Å². The number of sulfonamides is 1. The second-order valence-corrected chi connectivity index (χ2v) is 8.97. The molecule has 1 fully saturated rings. The molecule has 0 bridgehead atoms. The highest BCUT2D eigenvalue weighted by molar-refractivity contribution is 8.00. The van der Waals surface area contributed by atoms with Crippen LogP contribution >= 0.6 is 11.8 Å². The number of thioether (sulfide) groups is 1. The van der Waals surface area contributed by atoms with Crippen molar-refractivity contribution in [3.63, 3.8) is 0 Å². The van der Waals surface area contributed by atoms with E-state index in [1.54, 1.807) is 13.0 Å². The van der Waals surface area contributed by atoms with Crippen molar-refractivity contribution in [3.05, 3.63) is 18.2 Å². The molecule has 1 atom stereocenters. The number of fused-ring (bicyclic) bond motifs is 1. The van der Waals surface area contributed by atoms with Crippen molar-refractivity contribution in [2.75, 3.05) is 13.1 Å². The van der Waals surface area contributed by atoms with Gasteiger partial charge in [-0.1, -0.05) is 18.2 Å². The monoisotopic (exact) mass is 369 g/mol. The number of hydrogen-bond acceptors (Lipinski definition) is 6. The fourth-order valence-electron chi connectivity index (χ4n) is 2.56. The van der Waals surface area contributed by atoms with Crippen LogP contribution in [0, 0.1) is 0 Å². The van der Waals surface area contributed by atoms with Crippen molar-refractivity contribution >= 4 is 38.8 Å². The lowest BCUT2D eigenvalue weighted by Crippen LogP contribution is -2.35. The Kier molecular flexibility index (Phi) is 4.84. The van der Waals surface area contributed by atoms with Gasteiger partial charge in [-0.2, -0.15) is 4.31 Å². The zero-order chi connectivity index (χ0) is 17.3. The smallest absolute Gasteiger partial charge is 0.257 e. The SMILES string of the molecule is C[C@H](Sc1nc2cc(S(=O)(=O)N3CCCCC3)ccc2o1)C(N)=O. The molecule has 2 heterocycles. The Morgan fingerprint density at radius 2 is 2.04 bits per heavy atom. The number of amides is 1. The molecule has 3 rings (SSSR count). The van der Waals surface area contributed by atoms with E-state index in [2.05, 4.69) is 4.98 Å². The maximum Gasteiger partial charge on any atom is 0.257 e. The zero-order valence-electron chi connectivity index (χ0n) is 13.3. The molecule has 0 unspecified atom stereocenters. The van der Waals surface area contributed by atoms with Crippen LogP contribution in [0.3, 0.4) is 0 Å². The summed E-state index contributed by atoms with van der Waals surface area (Å²) in [6, 6.07) is 4.64. The molecule has 0 radical (unpaired) electrons. The van der Waals surface area contributed by atoms with Crippen molar-refractivity contribution in [3.8, 4) is 0 Å². The average Bonchev–Trinajstić information content (AvgIpc) is 2.96. The number of hydrogen-bond donors (Lipinski definition) is 1. The lowest BCUT2D eigenvalue weighted by molar-refractivity contribution is -0.117. The third-order valence-electron chi connectivity index (χ3n) is 3.97. The molecule has 1 aromatic heterocycles. The van der Waals surface area contributed by atoms with Gasteiger partial charge in [0.05, 0.1) is 10.1 Å². The lowest BCUT2D eigenvalue weighted by Gasteiger charge is -2.25. The van der Waals surface area contributed by atoms with Crippen molar-refractivity contribution in [2.45, 2.75) is 41.6 Å². The van der Waals surface area contributed by atoms with E-state index in [4.69, 9.17) is 10.2 Å². The molecule has 2 aromatic rings. The molecular formula is C15H19N3O4S2. The quantitative estimate of drug-likeness (QED) is 0.808. The number of aromatic nitrogens is 1. The molecule has 0 aliphatic carbocycles. The fourth-order valence-corrected chi connectivity index (χ4v) is 4.81. The van der Waals surface area contributed by atoms with Crippen molar-refractivity contribution in [1.82, 2.24) is 9.29 Å². The summed E-state index contributed by atoms with van der Waals surface area (Å²) in [7, 11) is -3.51. The Morgan fingerprint density at radius 3 is 2.71 bits per heavy atom. The predicted molar refractivity (Wildman–Crippen MR) is 91.1 cm³/mol. The number of rotatable bonds is 5. The minimum absolute atomic E-state index is 0.213. The molecule has 9 heteroatoms. The van der Waals surface area contributed by atoms with Crippen LogP contribution in [0.2, 0.25) is 0 Å². The first-order chi connectivity index (χ1) is 11.4. The highest BCUT2D eigenvalue weighted by Gasteiger charge is 2.26. The van der Waals surface area contributed by atoms with Gasteiger partial charge >= 0.3 is 0 Å². The van der Waals surface area contributed by atoms with Crippen LogP contribution in [-0.2, 0) is 14.8 Å². The third-order valence-corrected chi connectivity index (χ3v) is 6.83. The molecule has 1 aliphatic heterocycles. The largest absolute Gasteiger partial charge is 0.431 e. The van der Waals surface area contributed by atoms with Gasteiger partial charge in [0, 0.05) is 13.1 Å². The minimum atomic E-state index is -3.51. The van der Waals surface area contributed by atoms with Crippen LogP contribution in [0.5, 0.6) is 0 Å². The Bertz CT molecular complexity index is 857. The first kappa shape index (κ1) is 17.2. The van der Waals surface area contributed by atoms with Crippen LogP contribution in [0.15, 0.2) is 32.7 Å². The molecule has 1 aliphatic rings. The number of carbonyl (C=O) groups excluding carboxylic acids is 1. The van der Waals surface area contributed by atoms with Gasteiger partial charge < -0.3 is 10.2 Å². The van der Waals surface area contributed by atoms with Gasteiger partial charge in [0.1, 0.15) is 5.52 Å². The van der Waals surface area contributed by atoms with Crippen LogP contribution in [-0.4, -0.2) is 42.0 Å². The van der Waals surface area contributed by atoms with Crippen molar-refractivity contribution in [2.24, 2.45) is 5.73 Å². The second kappa shape index (κ2) is 6.73. The molecule has 130 valence electrons. The maximum atomic E-state index is 12.7. The zero-order valence-corrected chi connectivity index (χ0v) is 14.9. The normalized spacial score (nSPS) is 17.9.